The minimum atomic E-state index is -4.51. The molecule has 1 aliphatic rings. The van der Waals surface area contributed by atoms with Gasteiger partial charge in [-0.1, -0.05) is 0 Å². The molecule has 0 unspecified atom stereocenters. The highest BCUT2D eigenvalue weighted by Crippen LogP contribution is 2.30. The van der Waals surface area contributed by atoms with Gasteiger partial charge in [-0.3, -0.25) is 14.7 Å². The molecule has 0 atom stereocenters. The fourth-order valence-corrected chi connectivity index (χ4v) is 2.43. The van der Waals surface area contributed by atoms with Gasteiger partial charge in [-0.25, -0.2) is 4.39 Å². The summed E-state index contributed by atoms with van der Waals surface area (Å²) in [7, 11) is 0. The van der Waals surface area contributed by atoms with E-state index in [1.54, 1.807) is 18.3 Å². The van der Waals surface area contributed by atoms with Crippen molar-refractivity contribution in [3.8, 4) is 0 Å². The molecule has 1 aromatic heterocycles. The first-order valence-electron chi connectivity index (χ1n) is 8.12. The van der Waals surface area contributed by atoms with E-state index in [1.807, 2.05) is 4.90 Å². The lowest BCUT2D eigenvalue weighted by Crippen LogP contribution is -2.35. The number of pyridine rings is 1. The maximum absolute atomic E-state index is 13.2. The molecule has 1 saturated heterocycles. The zero-order valence-corrected chi connectivity index (χ0v) is 14.4. The molecule has 0 saturated carbocycles. The number of carbonyl (C=O) groups is 1. The van der Waals surface area contributed by atoms with Crippen LogP contribution in [0.5, 0.6) is 0 Å². The molecule has 9 heteroatoms. The van der Waals surface area contributed by atoms with E-state index in [0.717, 1.165) is 12.1 Å². The third-order valence-corrected chi connectivity index (χ3v) is 3.74. The van der Waals surface area contributed by atoms with Crippen LogP contribution in [0, 0.1) is 5.82 Å². The minimum Gasteiger partial charge on any atom is -0.379 e. The average Bonchev–Trinajstić information content (AvgIpc) is 2.63. The van der Waals surface area contributed by atoms with Gasteiger partial charge in [0.2, 0.25) is 5.91 Å². The van der Waals surface area contributed by atoms with Gasteiger partial charge in [-0.15, -0.1) is 0 Å². The van der Waals surface area contributed by atoms with E-state index in [9.17, 15) is 22.4 Å². The number of halogens is 4. The van der Waals surface area contributed by atoms with Crippen molar-refractivity contribution in [1.82, 2.24) is 9.88 Å². The fraction of sp³-hybridized carbons (Fsp3) is 0.333. The second-order valence-corrected chi connectivity index (χ2v) is 5.84. The SMILES string of the molecule is Fc1cc(CN2CCOCC2)cc(C(F)(F)F)c1.NC(=O)c1cccnc1. The third kappa shape index (κ3) is 6.95. The van der Waals surface area contributed by atoms with Crippen molar-refractivity contribution in [2.75, 3.05) is 26.3 Å². The van der Waals surface area contributed by atoms with E-state index in [4.69, 9.17) is 10.5 Å². The zero-order chi connectivity index (χ0) is 19.9. The van der Waals surface area contributed by atoms with Crippen molar-refractivity contribution in [3.63, 3.8) is 0 Å². The van der Waals surface area contributed by atoms with Crippen LogP contribution < -0.4 is 5.73 Å². The number of hydrogen-bond donors (Lipinski definition) is 1. The molecule has 2 aromatic rings. The molecule has 5 nitrogen and oxygen atoms in total. The van der Waals surface area contributed by atoms with Crippen LogP contribution in [0.2, 0.25) is 0 Å². The Labute approximate surface area is 153 Å². The summed E-state index contributed by atoms with van der Waals surface area (Å²) in [5, 5.41) is 0. The van der Waals surface area contributed by atoms with Crippen molar-refractivity contribution < 1.29 is 27.1 Å². The number of benzene rings is 1. The average molecular weight is 385 g/mol. The lowest BCUT2D eigenvalue weighted by molar-refractivity contribution is -0.137. The fourth-order valence-electron chi connectivity index (χ4n) is 2.43. The molecular formula is C18H19F4N3O2. The Hall–Kier alpha value is -2.52. The van der Waals surface area contributed by atoms with E-state index in [-0.39, 0.29) is 0 Å². The van der Waals surface area contributed by atoms with E-state index < -0.39 is 23.5 Å². The van der Waals surface area contributed by atoms with Gasteiger partial charge in [0, 0.05) is 32.0 Å². The highest BCUT2D eigenvalue weighted by Gasteiger charge is 2.31. The van der Waals surface area contributed by atoms with E-state index in [1.165, 1.54) is 6.20 Å². The van der Waals surface area contributed by atoms with Gasteiger partial charge in [0.1, 0.15) is 5.82 Å². The summed E-state index contributed by atoms with van der Waals surface area (Å²) < 4.78 is 55.9. The number of carbonyl (C=O) groups excluding carboxylic acids is 1. The van der Waals surface area contributed by atoms with Crippen LogP contribution in [0.3, 0.4) is 0 Å². The molecule has 0 spiro atoms. The predicted molar refractivity (Wildman–Crippen MR) is 90.3 cm³/mol. The van der Waals surface area contributed by atoms with Crippen LogP contribution in [-0.4, -0.2) is 42.1 Å². The number of amides is 1. The Bertz CT molecular complexity index is 748. The smallest absolute Gasteiger partial charge is 0.379 e. The molecule has 2 heterocycles. The van der Waals surface area contributed by atoms with Gasteiger partial charge in [0.25, 0.3) is 0 Å². The Morgan fingerprint density at radius 2 is 1.93 bits per heavy atom. The molecule has 27 heavy (non-hydrogen) atoms. The van der Waals surface area contributed by atoms with Gasteiger partial charge in [0.05, 0.1) is 24.3 Å². The largest absolute Gasteiger partial charge is 0.416 e. The van der Waals surface area contributed by atoms with Gasteiger partial charge in [-0.05, 0) is 35.9 Å². The van der Waals surface area contributed by atoms with Crippen LogP contribution in [0.25, 0.3) is 0 Å². The molecule has 0 radical (unpaired) electrons. The first-order chi connectivity index (χ1) is 12.8. The molecule has 0 aliphatic carbocycles. The number of aromatic nitrogens is 1. The second kappa shape index (κ2) is 9.43. The standard InChI is InChI=1S/C12H13F4NO.C6H6N2O/c13-11-6-9(5-10(7-11)12(14,15)16)8-17-1-3-18-4-2-17;7-6(9)5-2-1-3-8-4-5/h5-7H,1-4,8H2;1-4H,(H2,7,9). The summed E-state index contributed by atoms with van der Waals surface area (Å²) in [5.74, 6) is -1.30. The number of nitrogens with two attached hydrogens (primary N) is 1. The van der Waals surface area contributed by atoms with Crippen molar-refractivity contribution in [1.29, 1.82) is 0 Å². The summed E-state index contributed by atoms with van der Waals surface area (Å²) in [4.78, 5) is 16.0. The number of ether oxygens (including phenoxy) is 1. The Morgan fingerprint density at radius 3 is 2.44 bits per heavy atom. The summed E-state index contributed by atoms with van der Waals surface area (Å²) >= 11 is 0. The summed E-state index contributed by atoms with van der Waals surface area (Å²) in [6.07, 6.45) is -1.49. The number of hydrogen-bond acceptors (Lipinski definition) is 4. The molecule has 1 fully saturated rings. The van der Waals surface area contributed by atoms with Gasteiger partial charge in [0.15, 0.2) is 0 Å². The molecule has 1 aromatic carbocycles. The number of rotatable bonds is 3. The van der Waals surface area contributed by atoms with Gasteiger partial charge >= 0.3 is 6.18 Å². The van der Waals surface area contributed by atoms with Crippen LogP contribution >= 0.6 is 0 Å². The number of nitrogens with zero attached hydrogens (tertiary/aromatic N) is 2. The summed E-state index contributed by atoms with van der Waals surface area (Å²) in [6, 6.07) is 5.95. The molecular weight excluding hydrogens is 366 g/mol. The number of morpholine rings is 1. The predicted octanol–water partition coefficient (Wildman–Crippen LogP) is 2.86. The maximum atomic E-state index is 13.2. The third-order valence-electron chi connectivity index (χ3n) is 3.74. The normalized spacial score (nSPS) is 15.0. The Kier molecular flexibility index (Phi) is 7.26. The second-order valence-electron chi connectivity index (χ2n) is 5.84. The first-order valence-corrected chi connectivity index (χ1v) is 8.12. The molecule has 2 N–H and O–H groups in total. The van der Waals surface area contributed by atoms with E-state index in [2.05, 4.69) is 4.98 Å². The Morgan fingerprint density at radius 1 is 1.22 bits per heavy atom. The van der Waals surface area contributed by atoms with E-state index in [0.29, 0.717) is 50.0 Å². The van der Waals surface area contributed by atoms with Gasteiger partial charge < -0.3 is 10.5 Å². The lowest BCUT2D eigenvalue weighted by Gasteiger charge is -2.26. The van der Waals surface area contributed by atoms with Crippen molar-refractivity contribution in [2.45, 2.75) is 12.7 Å². The maximum Gasteiger partial charge on any atom is 0.416 e. The summed E-state index contributed by atoms with van der Waals surface area (Å²) in [5.41, 5.74) is 4.78. The lowest BCUT2D eigenvalue weighted by atomic mass is 10.1. The molecule has 1 amide bonds. The molecule has 0 bridgehead atoms. The highest BCUT2D eigenvalue weighted by molar-refractivity contribution is 5.92. The number of primary amides is 1. The van der Waals surface area contributed by atoms with Crippen LogP contribution in [0.15, 0.2) is 42.7 Å². The topological polar surface area (TPSA) is 68.5 Å². The molecule has 1 aliphatic heterocycles. The highest BCUT2D eigenvalue weighted by atomic mass is 19.4. The minimum absolute atomic E-state index is 0.310. The van der Waals surface area contributed by atoms with Crippen LogP contribution in [0.1, 0.15) is 21.5 Å². The van der Waals surface area contributed by atoms with E-state index >= 15 is 0 Å². The van der Waals surface area contributed by atoms with Crippen molar-refractivity contribution in [3.05, 3.63) is 65.2 Å². The number of alkyl halides is 3. The molecule has 3 rings (SSSR count). The zero-order valence-electron chi connectivity index (χ0n) is 14.4. The Balaban J connectivity index is 0.000000244. The van der Waals surface area contributed by atoms with Crippen molar-refractivity contribution >= 4 is 5.91 Å². The summed E-state index contributed by atoms with van der Waals surface area (Å²) in [6.45, 7) is 2.73. The van der Waals surface area contributed by atoms with Gasteiger partial charge in [-0.2, -0.15) is 13.2 Å². The molecule has 146 valence electrons. The van der Waals surface area contributed by atoms with Crippen LogP contribution in [0.4, 0.5) is 17.6 Å². The van der Waals surface area contributed by atoms with Crippen molar-refractivity contribution in [2.24, 2.45) is 5.73 Å². The monoisotopic (exact) mass is 385 g/mol. The van der Waals surface area contributed by atoms with Crippen LogP contribution in [-0.2, 0) is 17.5 Å². The first kappa shape index (κ1) is 20.8. The quantitative estimate of drug-likeness (QED) is 0.825.